The molecular formula is C13H26N2O2. The van der Waals surface area contributed by atoms with Crippen molar-refractivity contribution in [2.24, 2.45) is 17.6 Å². The molecule has 0 aromatic heterocycles. The second kappa shape index (κ2) is 5.71. The summed E-state index contributed by atoms with van der Waals surface area (Å²) in [6.45, 7) is 10.2. The predicted molar refractivity (Wildman–Crippen MR) is 68.7 cm³/mol. The fourth-order valence-electron chi connectivity index (χ4n) is 2.17. The first-order valence-corrected chi connectivity index (χ1v) is 6.51. The fourth-order valence-corrected chi connectivity index (χ4v) is 2.17. The molecule has 4 nitrogen and oxygen atoms in total. The maximum Gasteiger partial charge on any atom is 0.410 e. The number of likely N-dealkylation sites (tertiary alicyclic amines) is 1. The molecule has 0 saturated carbocycles. The van der Waals surface area contributed by atoms with Crippen LogP contribution in [-0.2, 0) is 4.74 Å². The van der Waals surface area contributed by atoms with Crippen LogP contribution in [0.4, 0.5) is 4.79 Å². The molecule has 0 unspecified atom stereocenters. The smallest absolute Gasteiger partial charge is 0.410 e. The Bertz CT molecular complexity index is 253. The van der Waals surface area contributed by atoms with Crippen molar-refractivity contribution in [3.8, 4) is 0 Å². The van der Waals surface area contributed by atoms with Gasteiger partial charge in [0.25, 0.3) is 0 Å². The standard InChI is InChI=1S/C13H26N2O2/c1-10(9-14)11-5-7-15(8-6-11)12(16)17-13(2,3)4/h10-11H,5-9,14H2,1-4H3/t10-/m1/s1. The molecule has 1 atom stereocenters. The van der Waals surface area contributed by atoms with Gasteiger partial charge in [-0.25, -0.2) is 4.79 Å². The second-order valence-electron chi connectivity index (χ2n) is 6.02. The molecule has 0 aliphatic carbocycles. The summed E-state index contributed by atoms with van der Waals surface area (Å²) in [4.78, 5) is 13.6. The van der Waals surface area contributed by atoms with E-state index in [1.165, 1.54) is 0 Å². The number of carbonyl (C=O) groups excluding carboxylic acids is 1. The van der Waals surface area contributed by atoms with E-state index in [9.17, 15) is 4.79 Å². The highest BCUT2D eigenvalue weighted by molar-refractivity contribution is 5.68. The summed E-state index contributed by atoms with van der Waals surface area (Å²) < 4.78 is 5.36. The molecule has 1 aliphatic rings. The van der Waals surface area contributed by atoms with Crippen LogP contribution in [0.15, 0.2) is 0 Å². The van der Waals surface area contributed by atoms with Gasteiger partial charge in [0.05, 0.1) is 0 Å². The van der Waals surface area contributed by atoms with Crippen molar-refractivity contribution in [3.05, 3.63) is 0 Å². The summed E-state index contributed by atoms with van der Waals surface area (Å²) >= 11 is 0. The van der Waals surface area contributed by atoms with E-state index >= 15 is 0 Å². The van der Waals surface area contributed by atoms with E-state index in [0.29, 0.717) is 11.8 Å². The lowest BCUT2D eigenvalue weighted by Gasteiger charge is -2.35. The molecule has 4 heteroatoms. The number of carbonyl (C=O) groups is 1. The van der Waals surface area contributed by atoms with Gasteiger partial charge in [-0.2, -0.15) is 0 Å². The minimum atomic E-state index is -0.404. The molecule has 0 aromatic rings. The second-order valence-corrected chi connectivity index (χ2v) is 6.02. The first kappa shape index (κ1) is 14.3. The third-order valence-corrected chi connectivity index (χ3v) is 3.37. The van der Waals surface area contributed by atoms with Crippen LogP contribution in [0.2, 0.25) is 0 Å². The van der Waals surface area contributed by atoms with E-state index in [4.69, 9.17) is 10.5 Å². The van der Waals surface area contributed by atoms with Gasteiger partial charge >= 0.3 is 6.09 Å². The molecule has 0 radical (unpaired) electrons. The third kappa shape index (κ3) is 4.54. The molecule has 0 bridgehead atoms. The van der Waals surface area contributed by atoms with Crippen LogP contribution in [0, 0.1) is 11.8 Å². The molecule has 100 valence electrons. The van der Waals surface area contributed by atoms with Gasteiger partial charge in [0.2, 0.25) is 0 Å². The SMILES string of the molecule is C[C@H](CN)C1CCN(C(=O)OC(C)(C)C)CC1. The zero-order chi connectivity index (χ0) is 13.1. The van der Waals surface area contributed by atoms with Gasteiger partial charge in [-0.15, -0.1) is 0 Å². The Morgan fingerprint density at radius 2 is 1.94 bits per heavy atom. The van der Waals surface area contributed by atoms with E-state index in [1.807, 2.05) is 25.7 Å². The van der Waals surface area contributed by atoms with Gasteiger partial charge in [-0.05, 0) is 52.0 Å². The maximum atomic E-state index is 11.8. The summed E-state index contributed by atoms with van der Waals surface area (Å²) in [5.41, 5.74) is 5.27. The molecule has 1 saturated heterocycles. The molecule has 1 aliphatic heterocycles. The first-order valence-electron chi connectivity index (χ1n) is 6.51. The summed E-state index contributed by atoms with van der Waals surface area (Å²) in [6.07, 6.45) is 1.89. The van der Waals surface area contributed by atoms with Crippen molar-refractivity contribution >= 4 is 6.09 Å². The highest BCUT2D eigenvalue weighted by Crippen LogP contribution is 2.25. The Balaban J connectivity index is 2.39. The number of nitrogens with two attached hydrogens (primary N) is 1. The van der Waals surface area contributed by atoms with Crippen molar-refractivity contribution in [2.75, 3.05) is 19.6 Å². The van der Waals surface area contributed by atoms with Crippen molar-refractivity contribution in [3.63, 3.8) is 0 Å². The summed E-state index contributed by atoms with van der Waals surface area (Å²) in [7, 11) is 0. The Kier molecular flexibility index (Phi) is 4.80. The summed E-state index contributed by atoms with van der Waals surface area (Å²) in [5, 5.41) is 0. The quantitative estimate of drug-likeness (QED) is 0.808. The molecule has 0 spiro atoms. The lowest BCUT2D eigenvalue weighted by Crippen LogP contribution is -2.43. The Hall–Kier alpha value is -0.770. The van der Waals surface area contributed by atoms with Crippen molar-refractivity contribution in [1.29, 1.82) is 0 Å². The minimum Gasteiger partial charge on any atom is -0.444 e. The third-order valence-electron chi connectivity index (χ3n) is 3.37. The monoisotopic (exact) mass is 242 g/mol. The van der Waals surface area contributed by atoms with Crippen molar-refractivity contribution in [1.82, 2.24) is 4.90 Å². The van der Waals surface area contributed by atoms with Gasteiger partial charge in [-0.3, -0.25) is 0 Å². The molecule has 1 fully saturated rings. The normalized spacial score (nSPS) is 20.2. The van der Waals surface area contributed by atoms with Crippen LogP contribution in [0.25, 0.3) is 0 Å². The van der Waals surface area contributed by atoms with Crippen molar-refractivity contribution < 1.29 is 9.53 Å². The molecule has 1 heterocycles. The highest BCUT2D eigenvalue weighted by atomic mass is 16.6. The first-order chi connectivity index (χ1) is 7.83. The van der Waals surface area contributed by atoms with Gasteiger partial charge < -0.3 is 15.4 Å². The van der Waals surface area contributed by atoms with Crippen LogP contribution in [0.5, 0.6) is 0 Å². The van der Waals surface area contributed by atoms with Crippen LogP contribution >= 0.6 is 0 Å². The van der Waals surface area contributed by atoms with Gasteiger partial charge in [0, 0.05) is 13.1 Å². The predicted octanol–water partition coefficient (Wildman–Crippen LogP) is 2.23. The van der Waals surface area contributed by atoms with E-state index in [1.54, 1.807) is 0 Å². The molecular weight excluding hydrogens is 216 g/mol. The van der Waals surface area contributed by atoms with E-state index in [2.05, 4.69) is 6.92 Å². The lowest BCUT2D eigenvalue weighted by atomic mass is 9.86. The number of rotatable bonds is 2. The average Bonchev–Trinajstić information content (AvgIpc) is 2.26. The zero-order valence-electron chi connectivity index (χ0n) is 11.5. The molecule has 17 heavy (non-hydrogen) atoms. The van der Waals surface area contributed by atoms with E-state index < -0.39 is 5.60 Å². The molecule has 2 N–H and O–H groups in total. The topological polar surface area (TPSA) is 55.6 Å². The van der Waals surface area contributed by atoms with Crippen LogP contribution < -0.4 is 5.73 Å². The van der Waals surface area contributed by atoms with E-state index in [-0.39, 0.29) is 6.09 Å². The van der Waals surface area contributed by atoms with Crippen LogP contribution in [0.3, 0.4) is 0 Å². The summed E-state index contributed by atoms with van der Waals surface area (Å²) in [6, 6.07) is 0. The molecule has 1 rings (SSSR count). The molecule has 1 amide bonds. The van der Waals surface area contributed by atoms with Crippen LogP contribution in [0.1, 0.15) is 40.5 Å². The number of hydrogen-bond acceptors (Lipinski definition) is 3. The number of hydrogen-bond donors (Lipinski definition) is 1. The average molecular weight is 242 g/mol. The number of ether oxygens (including phenoxy) is 1. The van der Waals surface area contributed by atoms with Gasteiger partial charge in [0.15, 0.2) is 0 Å². The number of amides is 1. The molecule has 0 aromatic carbocycles. The number of nitrogens with zero attached hydrogens (tertiary/aromatic N) is 1. The van der Waals surface area contributed by atoms with Crippen LogP contribution in [-0.4, -0.2) is 36.2 Å². The minimum absolute atomic E-state index is 0.184. The fraction of sp³-hybridized carbons (Fsp3) is 0.923. The Labute approximate surface area is 104 Å². The van der Waals surface area contributed by atoms with Gasteiger partial charge in [0.1, 0.15) is 5.60 Å². The lowest BCUT2D eigenvalue weighted by molar-refractivity contribution is 0.0164. The Morgan fingerprint density at radius 1 is 1.41 bits per heavy atom. The number of piperidine rings is 1. The van der Waals surface area contributed by atoms with Crippen molar-refractivity contribution in [2.45, 2.75) is 46.1 Å². The summed E-state index contributed by atoms with van der Waals surface area (Å²) in [5.74, 6) is 1.20. The highest BCUT2D eigenvalue weighted by Gasteiger charge is 2.28. The largest absolute Gasteiger partial charge is 0.444 e. The Morgan fingerprint density at radius 3 is 2.35 bits per heavy atom. The van der Waals surface area contributed by atoms with E-state index in [0.717, 1.165) is 32.5 Å². The van der Waals surface area contributed by atoms with Gasteiger partial charge in [-0.1, -0.05) is 6.92 Å². The zero-order valence-corrected chi connectivity index (χ0v) is 11.5. The maximum absolute atomic E-state index is 11.8.